The zero-order chi connectivity index (χ0) is 9.84. The molecule has 0 radical (unpaired) electrons. The Balaban J connectivity index is 0.00000169. The second-order valence-electron chi connectivity index (χ2n) is 3.04. The van der Waals surface area contributed by atoms with Crippen molar-refractivity contribution in [1.29, 1.82) is 0 Å². The number of aliphatic hydroxyl groups is 1. The first-order valence-corrected chi connectivity index (χ1v) is 4.22. The summed E-state index contributed by atoms with van der Waals surface area (Å²) < 4.78 is 5.01. The Labute approximate surface area is 90.3 Å². The van der Waals surface area contributed by atoms with Gasteiger partial charge in [-0.3, -0.25) is 0 Å². The zero-order valence-corrected chi connectivity index (χ0v) is 9.12. The van der Waals surface area contributed by atoms with Crippen molar-refractivity contribution in [1.82, 2.24) is 0 Å². The first-order valence-electron chi connectivity index (χ1n) is 4.22. The lowest BCUT2D eigenvalue weighted by molar-refractivity contribution is 0.164. The van der Waals surface area contributed by atoms with Crippen LogP contribution in [0.5, 0.6) is 5.75 Å². The number of hydrogen-bond acceptors (Lipinski definition) is 3. The first kappa shape index (κ1) is 13.2. The molecule has 80 valence electrons. The molecule has 0 bridgehead atoms. The molecule has 0 heterocycles. The van der Waals surface area contributed by atoms with Crippen LogP contribution in [0, 0.1) is 0 Å². The highest BCUT2D eigenvalue weighted by Gasteiger charge is 2.11. The van der Waals surface area contributed by atoms with Gasteiger partial charge in [-0.25, -0.2) is 0 Å². The van der Waals surface area contributed by atoms with Crippen LogP contribution in [0.15, 0.2) is 24.3 Å². The Morgan fingerprint density at radius 3 is 2.14 bits per heavy atom. The van der Waals surface area contributed by atoms with Gasteiger partial charge in [-0.1, -0.05) is 12.1 Å². The molecular formula is C10H16ClNO2. The average molecular weight is 218 g/mol. The predicted molar refractivity (Wildman–Crippen MR) is 58.9 cm³/mol. The van der Waals surface area contributed by atoms with Crippen molar-refractivity contribution >= 4 is 12.4 Å². The molecule has 4 heteroatoms. The highest BCUT2D eigenvalue weighted by molar-refractivity contribution is 5.85. The minimum Gasteiger partial charge on any atom is -0.497 e. The van der Waals surface area contributed by atoms with E-state index in [4.69, 9.17) is 10.5 Å². The number of nitrogens with two attached hydrogens (primary N) is 1. The summed E-state index contributed by atoms with van der Waals surface area (Å²) in [7, 11) is 1.61. The molecule has 0 aliphatic heterocycles. The molecule has 0 aromatic heterocycles. The molecule has 0 saturated heterocycles. The van der Waals surface area contributed by atoms with Crippen LogP contribution < -0.4 is 10.5 Å². The third-order valence-electron chi connectivity index (χ3n) is 2.02. The molecule has 1 rings (SSSR count). The van der Waals surface area contributed by atoms with Gasteiger partial charge in [0.15, 0.2) is 0 Å². The van der Waals surface area contributed by atoms with E-state index >= 15 is 0 Å². The van der Waals surface area contributed by atoms with Crippen molar-refractivity contribution in [3.05, 3.63) is 29.8 Å². The Kier molecular flexibility index (Phi) is 5.53. The molecule has 0 unspecified atom stereocenters. The predicted octanol–water partition coefficient (Wildman–Crippen LogP) is 1.50. The van der Waals surface area contributed by atoms with Crippen LogP contribution in [0.25, 0.3) is 0 Å². The lowest BCUT2D eigenvalue weighted by Gasteiger charge is -2.14. The maximum Gasteiger partial charge on any atom is 0.118 e. The molecule has 3 nitrogen and oxygen atoms in total. The fourth-order valence-electron chi connectivity index (χ4n) is 1.10. The van der Waals surface area contributed by atoms with Gasteiger partial charge in [-0.2, -0.15) is 0 Å². The number of halogens is 1. The molecule has 14 heavy (non-hydrogen) atoms. The van der Waals surface area contributed by atoms with Crippen molar-refractivity contribution < 1.29 is 9.84 Å². The lowest BCUT2D eigenvalue weighted by Crippen LogP contribution is -2.22. The van der Waals surface area contributed by atoms with Gasteiger partial charge in [0.25, 0.3) is 0 Å². The molecule has 3 N–H and O–H groups in total. The van der Waals surface area contributed by atoms with E-state index in [0.717, 1.165) is 11.3 Å². The fourth-order valence-corrected chi connectivity index (χ4v) is 1.10. The van der Waals surface area contributed by atoms with E-state index < -0.39 is 6.10 Å². The van der Waals surface area contributed by atoms with E-state index in [2.05, 4.69) is 0 Å². The minimum atomic E-state index is -0.534. The van der Waals surface area contributed by atoms with E-state index in [-0.39, 0.29) is 18.4 Å². The molecule has 0 fully saturated rings. The summed E-state index contributed by atoms with van der Waals surface area (Å²) in [4.78, 5) is 0. The Morgan fingerprint density at radius 1 is 1.29 bits per heavy atom. The van der Waals surface area contributed by atoms with E-state index in [1.807, 2.05) is 24.3 Å². The van der Waals surface area contributed by atoms with Crippen LogP contribution in [0.2, 0.25) is 0 Å². The van der Waals surface area contributed by atoms with Crippen LogP contribution in [0.3, 0.4) is 0 Å². The van der Waals surface area contributed by atoms with E-state index in [0.29, 0.717) is 0 Å². The van der Waals surface area contributed by atoms with Gasteiger partial charge in [0.1, 0.15) is 5.75 Å². The third kappa shape index (κ3) is 3.18. The van der Waals surface area contributed by atoms with Crippen LogP contribution in [0.4, 0.5) is 0 Å². The molecule has 1 aromatic rings. The van der Waals surface area contributed by atoms with Gasteiger partial charge in [0.2, 0.25) is 0 Å². The summed E-state index contributed by atoms with van der Waals surface area (Å²) in [6, 6.07) is 7.05. The van der Waals surface area contributed by atoms with Gasteiger partial charge < -0.3 is 15.6 Å². The number of methoxy groups -OCH3 is 1. The second-order valence-corrected chi connectivity index (χ2v) is 3.04. The maximum atomic E-state index is 9.24. The smallest absolute Gasteiger partial charge is 0.118 e. The maximum absolute atomic E-state index is 9.24. The topological polar surface area (TPSA) is 55.5 Å². The first-order chi connectivity index (χ1) is 6.15. The normalized spacial score (nSPS) is 14.0. The van der Waals surface area contributed by atoms with Crippen molar-refractivity contribution in [2.75, 3.05) is 7.11 Å². The van der Waals surface area contributed by atoms with Crippen LogP contribution >= 0.6 is 12.4 Å². The highest BCUT2D eigenvalue weighted by atomic mass is 35.5. The van der Waals surface area contributed by atoms with Crippen LogP contribution in [-0.2, 0) is 0 Å². The Hall–Kier alpha value is -0.770. The summed E-state index contributed by atoms with van der Waals surface area (Å²) in [5.41, 5.74) is 6.65. The molecule has 0 saturated carbocycles. The summed E-state index contributed by atoms with van der Waals surface area (Å²) >= 11 is 0. The molecule has 0 spiro atoms. The number of benzene rings is 1. The van der Waals surface area contributed by atoms with Crippen LogP contribution in [0.1, 0.15) is 18.5 Å². The van der Waals surface area contributed by atoms with Crippen molar-refractivity contribution in [3.63, 3.8) is 0 Å². The van der Waals surface area contributed by atoms with E-state index in [1.165, 1.54) is 0 Å². The number of aliphatic hydroxyl groups excluding tert-OH is 1. The van der Waals surface area contributed by atoms with Gasteiger partial charge in [0, 0.05) is 0 Å². The van der Waals surface area contributed by atoms with Crippen molar-refractivity contribution in [3.8, 4) is 5.75 Å². The standard InChI is InChI=1S/C10H15NO2.ClH/c1-7(12)10(11)8-3-5-9(13-2)6-4-8;/h3-7,10,12H,11H2,1-2H3;1H/t7-,10+;/m1./s1. The van der Waals surface area contributed by atoms with E-state index in [9.17, 15) is 5.11 Å². The molecule has 0 aliphatic carbocycles. The largest absolute Gasteiger partial charge is 0.497 e. The molecule has 2 atom stereocenters. The summed E-state index contributed by atoms with van der Waals surface area (Å²) in [6.07, 6.45) is -0.534. The van der Waals surface area contributed by atoms with Gasteiger partial charge in [-0.15, -0.1) is 12.4 Å². The Bertz CT molecular complexity index is 261. The monoisotopic (exact) mass is 217 g/mol. The average Bonchev–Trinajstić information content (AvgIpc) is 2.17. The van der Waals surface area contributed by atoms with E-state index in [1.54, 1.807) is 14.0 Å². The molecule has 0 amide bonds. The van der Waals surface area contributed by atoms with Gasteiger partial charge in [-0.05, 0) is 24.6 Å². The van der Waals surface area contributed by atoms with Gasteiger partial charge >= 0.3 is 0 Å². The number of hydrogen-bond donors (Lipinski definition) is 2. The highest BCUT2D eigenvalue weighted by Crippen LogP contribution is 2.17. The van der Waals surface area contributed by atoms with Crippen LogP contribution in [-0.4, -0.2) is 18.3 Å². The van der Waals surface area contributed by atoms with Crippen molar-refractivity contribution in [2.24, 2.45) is 5.73 Å². The number of ether oxygens (including phenoxy) is 1. The molecule has 1 aromatic carbocycles. The quantitative estimate of drug-likeness (QED) is 0.807. The molecular weight excluding hydrogens is 202 g/mol. The third-order valence-corrected chi connectivity index (χ3v) is 2.02. The molecule has 0 aliphatic rings. The van der Waals surface area contributed by atoms with Gasteiger partial charge in [0.05, 0.1) is 19.3 Å². The SMILES string of the molecule is COc1ccc([C@@H](N)[C@@H](C)O)cc1.Cl. The second kappa shape index (κ2) is 5.86. The summed E-state index contributed by atoms with van der Waals surface area (Å²) in [6.45, 7) is 1.68. The zero-order valence-electron chi connectivity index (χ0n) is 8.31. The summed E-state index contributed by atoms with van der Waals surface area (Å²) in [5.74, 6) is 0.793. The lowest BCUT2D eigenvalue weighted by atomic mass is 10.0. The number of rotatable bonds is 3. The summed E-state index contributed by atoms with van der Waals surface area (Å²) in [5, 5.41) is 9.24. The minimum absolute atomic E-state index is 0. The van der Waals surface area contributed by atoms with Crippen molar-refractivity contribution in [2.45, 2.75) is 19.1 Å². The fraction of sp³-hybridized carbons (Fsp3) is 0.400. The Morgan fingerprint density at radius 2 is 1.79 bits per heavy atom.